The molecule has 0 bridgehead atoms. The van der Waals surface area contributed by atoms with Crippen LogP contribution in [0.1, 0.15) is 53.4 Å². The van der Waals surface area contributed by atoms with E-state index in [1.165, 1.54) is 11.8 Å². The van der Waals surface area contributed by atoms with E-state index in [4.69, 9.17) is 15.6 Å². The van der Waals surface area contributed by atoms with Gasteiger partial charge in [0, 0.05) is 5.75 Å². The first-order valence-corrected chi connectivity index (χ1v) is 8.05. The Morgan fingerprint density at radius 2 is 1.90 bits per heavy atom. The van der Waals surface area contributed by atoms with E-state index in [0.717, 1.165) is 19.3 Å². The molecule has 0 radical (unpaired) electrons. The van der Waals surface area contributed by atoms with Gasteiger partial charge in [-0.3, -0.25) is 9.59 Å². The van der Waals surface area contributed by atoms with Crippen molar-refractivity contribution in [3.05, 3.63) is 0 Å². The Bertz CT molecular complexity index is 315. The second-order valence-electron chi connectivity index (χ2n) is 5.80. The normalized spacial score (nSPS) is 14.7. The van der Waals surface area contributed by atoms with Crippen molar-refractivity contribution in [3.8, 4) is 0 Å². The Morgan fingerprint density at radius 1 is 1.30 bits per heavy atom. The van der Waals surface area contributed by atoms with E-state index in [0.29, 0.717) is 6.42 Å². The first kappa shape index (κ1) is 19.2. The Hall–Kier alpha value is -0.750. The second kappa shape index (κ2) is 9.23. The average Bonchev–Trinajstić information content (AvgIpc) is 2.30. The Morgan fingerprint density at radius 3 is 2.35 bits per heavy atom. The maximum Gasteiger partial charge on any atom is 0.321 e. The van der Waals surface area contributed by atoms with Gasteiger partial charge in [-0.05, 0) is 27.2 Å². The fraction of sp³-hybridized carbons (Fsp3) is 0.857. The van der Waals surface area contributed by atoms with Crippen LogP contribution >= 0.6 is 11.8 Å². The fourth-order valence-electron chi connectivity index (χ4n) is 1.51. The van der Waals surface area contributed by atoms with Gasteiger partial charge in [0.25, 0.3) is 0 Å². The van der Waals surface area contributed by atoms with Crippen LogP contribution in [0.2, 0.25) is 0 Å². The number of esters is 1. The number of aliphatic carboxylic acids is 1. The number of unbranched alkanes of at least 4 members (excludes halogenated alkanes) is 2. The minimum absolute atomic E-state index is 0.214. The number of thioether (sulfide) groups is 1. The number of carbonyl (C=O) groups is 2. The summed E-state index contributed by atoms with van der Waals surface area (Å²) in [6.07, 6.45) is 3.74. The molecule has 0 aromatic rings. The van der Waals surface area contributed by atoms with Gasteiger partial charge in [-0.2, -0.15) is 0 Å². The lowest BCUT2D eigenvalue weighted by molar-refractivity contribution is -0.154. The highest BCUT2D eigenvalue weighted by molar-refractivity contribution is 8.00. The average molecular weight is 305 g/mol. The number of carboxylic acid groups (broad SMARTS) is 1. The van der Waals surface area contributed by atoms with Gasteiger partial charge >= 0.3 is 11.9 Å². The third-order valence-corrected chi connectivity index (χ3v) is 3.92. The van der Waals surface area contributed by atoms with Gasteiger partial charge in [0.05, 0.1) is 0 Å². The first-order valence-electron chi connectivity index (χ1n) is 7.00. The monoisotopic (exact) mass is 305 g/mol. The van der Waals surface area contributed by atoms with Crippen molar-refractivity contribution in [1.82, 2.24) is 0 Å². The van der Waals surface area contributed by atoms with Gasteiger partial charge in [-0.15, -0.1) is 11.8 Å². The maximum absolute atomic E-state index is 12.1. The van der Waals surface area contributed by atoms with Gasteiger partial charge < -0.3 is 15.6 Å². The number of nitrogens with two attached hydrogens (primary N) is 1. The summed E-state index contributed by atoms with van der Waals surface area (Å²) >= 11 is 1.28. The largest absolute Gasteiger partial charge is 0.480 e. The number of rotatable bonds is 9. The zero-order chi connectivity index (χ0) is 15.8. The van der Waals surface area contributed by atoms with E-state index in [2.05, 4.69) is 6.92 Å². The van der Waals surface area contributed by atoms with Gasteiger partial charge in [-0.1, -0.05) is 26.2 Å². The minimum atomic E-state index is -1.05. The van der Waals surface area contributed by atoms with Crippen LogP contribution in [0.15, 0.2) is 0 Å². The molecular weight excluding hydrogens is 278 g/mol. The van der Waals surface area contributed by atoms with Crippen LogP contribution in [0.5, 0.6) is 0 Å². The Labute approximate surface area is 125 Å². The molecule has 0 aromatic carbocycles. The molecular formula is C14H27NO4S. The molecule has 6 heteroatoms. The molecule has 0 aliphatic heterocycles. The lowest BCUT2D eigenvalue weighted by Gasteiger charge is -2.24. The molecule has 0 spiro atoms. The third-order valence-electron chi connectivity index (χ3n) is 2.53. The van der Waals surface area contributed by atoms with Crippen LogP contribution in [0.3, 0.4) is 0 Å². The number of hydrogen-bond donors (Lipinski definition) is 2. The molecule has 3 N–H and O–H groups in total. The van der Waals surface area contributed by atoms with E-state index < -0.39 is 17.6 Å². The number of hydrogen-bond acceptors (Lipinski definition) is 5. The quantitative estimate of drug-likeness (QED) is 0.502. The number of ether oxygens (including phenoxy) is 1. The van der Waals surface area contributed by atoms with Crippen molar-refractivity contribution >= 4 is 23.7 Å². The van der Waals surface area contributed by atoms with E-state index in [1.807, 2.05) is 20.8 Å². The summed E-state index contributed by atoms with van der Waals surface area (Å²) in [5.41, 5.74) is 4.94. The molecule has 5 nitrogen and oxygen atoms in total. The summed E-state index contributed by atoms with van der Waals surface area (Å²) in [4.78, 5) is 22.8. The SMILES string of the molecule is CCCCC[C@@H](SC[C@H](N)C(=O)O)C(=O)OC(C)(C)C. The lowest BCUT2D eigenvalue weighted by Crippen LogP contribution is -2.35. The highest BCUT2D eigenvalue weighted by Gasteiger charge is 2.26. The molecule has 2 atom stereocenters. The Kier molecular flexibility index (Phi) is 8.89. The summed E-state index contributed by atoms with van der Waals surface area (Å²) < 4.78 is 5.38. The van der Waals surface area contributed by atoms with Crippen LogP contribution < -0.4 is 5.73 Å². The van der Waals surface area contributed by atoms with Crippen molar-refractivity contribution in [2.75, 3.05) is 5.75 Å². The number of carbonyl (C=O) groups excluding carboxylic acids is 1. The molecule has 0 saturated heterocycles. The molecule has 0 saturated carbocycles. The van der Waals surface area contributed by atoms with E-state index in [9.17, 15) is 9.59 Å². The summed E-state index contributed by atoms with van der Waals surface area (Å²) in [6.45, 7) is 7.56. The van der Waals surface area contributed by atoms with Crippen LogP contribution in [-0.2, 0) is 14.3 Å². The minimum Gasteiger partial charge on any atom is -0.480 e. The predicted molar refractivity (Wildman–Crippen MR) is 81.8 cm³/mol. The van der Waals surface area contributed by atoms with Gasteiger partial charge in [0.1, 0.15) is 16.9 Å². The lowest BCUT2D eigenvalue weighted by atomic mass is 10.1. The summed E-state index contributed by atoms with van der Waals surface area (Å²) in [5, 5.41) is 8.44. The van der Waals surface area contributed by atoms with E-state index in [1.54, 1.807) is 0 Å². The van der Waals surface area contributed by atoms with Gasteiger partial charge in [-0.25, -0.2) is 0 Å². The van der Waals surface area contributed by atoms with Crippen molar-refractivity contribution in [2.24, 2.45) is 5.73 Å². The van der Waals surface area contributed by atoms with Crippen molar-refractivity contribution in [2.45, 2.75) is 70.3 Å². The molecule has 0 amide bonds. The summed E-state index contributed by atoms with van der Waals surface area (Å²) in [7, 11) is 0. The van der Waals surface area contributed by atoms with Crippen LogP contribution in [0.25, 0.3) is 0 Å². The highest BCUT2D eigenvalue weighted by Crippen LogP contribution is 2.22. The third kappa shape index (κ3) is 9.20. The first-order chi connectivity index (χ1) is 9.17. The zero-order valence-electron chi connectivity index (χ0n) is 12.8. The smallest absolute Gasteiger partial charge is 0.321 e. The standard InChI is InChI=1S/C14H27NO4S/c1-5-6-7-8-11(13(18)19-14(2,3)4)20-9-10(15)12(16)17/h10-11H,5-9,15H2,1-4H3,(H,16,17)/t10-,11+/m0/s1. The molecule has 20 heavy (non-hydrogen) atoms. The molecule has 0 fully saturated rings. The maximum atomic E-state index is 12.1. The molecule has 0 aromatic heterocycles. The molecule has 0 aliphatic carbocycles. The summed E-state index contributed by atoms with van der Waals surface area (Å²) in [5.74, 6) is -1.11. The molecule has 0 heterocycles. The zero-order valence-corrected chi connectivity index (χ0v) is 13.7. The summed E-state index contributed by atoms with van der Waals surface area (Å²) in [6, 6.07) is -0.948. The fourth-order valence-corrected chi connectivity index (χ4v) is 2.61. The molecule has 0 unspecified atom stereocenters. The van der Waals surface area contributed by atoms with Crippen molar-refractivity contribution in [1.29, 1.82) is 0 Å². The van der Waals surface area contributed by atoms with Crippen LogP contribution in [0, 0.1) is 0 Å². The van der Waals surface area contributed by atoms with E-state index >= 15 is 0 Å². The van der Waals surface area contributed by atoms with Crippen LogP contribution in [0.4, 0.5) is 0 Å². The van der Waals surface area contributed by atoms with Crippen LogP contribution in [-0.4, -0.2) is 39.7 Å². The Balaban J connectivity index is 4.47. The topological polar surface area (TPSA) is 89.6 Å². The second-order valence-corrected chi connectivity index (χ2v) is 7.03. The van der Waals surface area contributed by atoms with Gasteiger partial charge in [0.15, 0.2) is 0 Å². The van der Waals surface area contributed by atoms with Gasteiger partial charge in [0.2, 0.25) is 0 Å². The van der Waals surface area contributed by atoms with E-state index in [-0.39, 0.29) is 17.0 Å². The van der Waals surface area contributed by atoms with Crippen molar-refractivity contribution < 1.29 is 19.4 Å². The molecule has 118 valence electrons. The highest BCUT2D eigenvalue weighted by atomic mass is 32.2. The van der Waals surface area contributed by atoms with Crippen molar-refractivity contribution in [3.63, 3.8) is 0 Å². The molecule has 0 rings (SSSR count). The molecule has 0 aliphatic rings. The number of carboxylic acids is 1. The predicted octanol–water partition coefficient (Wildman–Crippen LogP) is 2.42.